The summed E-state index contributed by atoms with van der Waals surface area (Å²) in [6, 6.07) is 3.19. The maximum Gasteiger partial charge on any atom is 0.311 e. The summed E-state index contributed by atoms with van der Waals surface area (Å²) in [6.45, 7) is 1.20. The van der Waals surface area contributed by atoms with E-state index in [-0.39, 0.29) is 18.4 Å². The molecule has 1 saturated heterocycles. The fraction of sp³-hybridized carbons (Fsp3) is 0.556. The van der Waals surface area contributed by atoms with E-state index in [4.69, 9.17) is 21.1 Å². The fourth-order valence-electron chi connectivity index (χ4n) is 4.21. The largest absolute Gasteiger partial charge is 0.495 e. The smallest absolute Gasteiger partial charge is 0.311 e. The van der Waals surface area contributed by atoms with Crippen LogP contribution in [0.1, 0.15) is 19.3 Å². The number of nitrogens with zero attached hydrogens (tertiary/aromatic N) is 1. The van der Waals surface area contributed by atoms with E-state index in [2.05, 4.69) is 5.32 Å². The van der Waals surface area contributed by atoms with Gasteiger partial charge in [0.2, 0.25) is 5.91 Å². The van der Waals surface area contributed by atoms with Gasteiger partial charge in [0, 0.05) is 25.2 Å². The third kappa shape index (κ3) is 3.33. The maximum atomic E-state index is 12.5. The fourth-order valence-corrected chi connectivity index (χ4v) is 4.45. The molecule has 26 heavy (non-hydrogen) atoms. The Morgan fingerprint density at radius 3 is 2.69 bits per heavy atom. The van der Waals surface area contributed by atoms with Crippen LogP contribution < -0.4 is 14.8 Å². The van der Waals surface area contributed by atoms with Crippen LogP contribution in [0.15, 0.2) is 12.1 Å². The van der Waals surface area contributed by atoms with Crippen LogP contribution in [0.2, 0.25) is 5.02 Å². The molecule has 1 aromatic carbocycles. The van der Waals surface area contributed by atoms with E-state index in [1.54, 1.807) is 12.1 Å². The number of methoxy groups -OCH3 is 2. The zero-order chi connectivity index (χ0) is 18.9. The van der Waals surface area contributed by atoms with Crippen molar-refractivity contribution in [2.45, 2.75) is 19.3 Å². The van der Waals surface area contributed by atoms with Crippen LogP contribution in [0.25, 0.3) is 0 Å². The van der Waals surface area contributed by atoms with Gasteiger partial charge in [-0.15, -0.1) is 0 Å². The standard InChI is InChI=1S/C18H23ClN2O5/c1-25-14-7-13(15(26-2)6-12(14)19)20-16(22)9-21-8-11-4-3-5-18(11,10-21)17(23)24/h6-7,11H,3-5,8-10H2,1-2H3,(H,20,22)(H,23,24)/t11-,18+/m0/s1. The van der Waals surface area contributed by atoms with Crippen LogP contribution in [0.5, 0.6) is 11.5 Å². The molecule has 0 bridgehead atoms. The Bertz CT molecular complexity index is 726. The first-order valence-corrected chi connectivity index (χ1v) is 8.94. The van der Waals surface area contributed by atoms with Gasteiger partial charge >= 0.3 is 5.97 Å². The number of carbonyl (C=O) groups is 2. The summed E-state index contributed by atoms with van der Waals surface area (Å²) in [4.78, 5) is 26.2. The van der Waals surface area contributed by atoms with Crippen molar-refractivity contribution in [3.05, 3.63) is 17.2 Å². The van der Waals surface area contributed by atoms with E-state index in [9.17, 15) is 14.7 Å². The lowest BCUT2D eigenvalue weighted by molar-refractivity contribution is -0.149. The number of anilines is 1. The topological polar surface area (TPSA) is 88.1 Å². The number of benzene rings is 1. The number of rotatable bonds is 6. The summed E-state index contributed by atoms with van der Waals surface area (Å²) in [5.74, 6) is 0.0194. The first-order chi connectivity index (χ1) is 12.4. The molecule has 0 radical (unpaired) electrons. The molecule has 7 nitrogen and oxygen atoms in total. The Morgan fingerprint density at radius 1 is 1.35 bits per heavy atom. The molecule has 142 valence electrons. The summed E-state index contributed by atoms with van der Waals surface area (Å²) >= 11 is 6.07. The summed E-state index contributed by atoms with van der Waals surface area (Å²) in [5, 5.41) is 12.8. The maximum absolute atomic E-state index is 12.5. The average molecular weight is 383 g/mol. The number of nitrogens with one attached hydrogen (secondary N) is 1. The Labute approximate surface area is 157 Å². The van der Waals surface area contributed by atoms with Crippen molar-refractivity contribution in [1.82, 2.24) is 4.90 Å². The highest BCUT2D eigenvalue weighted by atomic mass is 35.5. The molecule has 1 aliphatic carbocycles. The van der Waals surface area contributed by atoms with E-state index >= 15 is 0 Å². The second-order valence-electron chi connectivity index (χ2n) is 6.96. The van der Waals surface area contributed by atoms with E-state index in [1.807, 2.05) is 4.90 Å². The Balaban J connectivity index is 1.68. The van der Waals surface area contributed by atoms with Crippen LogP contribution in [0, 0.1) is 11.3 Å². The Morgan fingerprint density at radius 2 is 2.08 bits per heavy atom. The molecular weight excluding hydrogens is 360 g/mol. The number of carbonyl (C=O) groups excluding carboxylic acids is 1. The molecule has 2 N–H and O–H groups in total. The predicted octanol–water partition coefficient (Wildman–Crippen LogP) is 2.48. The van der Waals surface area contributed by atoms with Crippen molar-refractivity contribution in [2.24, 2.45) is 11.3 Å². The van der Waals surface area contributed by atoms with E-state index in [1.165, 1.54) is 14.2 Å². The highest BCUT2D eigenvalue weighted by Gasteiger charge is 2.54. The summed E-state index contributed by atoms with van der Waals surface area (Å²) in [7, 11) is 2.99. The van der Waals surface area contributed by atoms with Gasteiger partial charge in [0.15, 0.2) is 0 Å². The number of fused-ring (bicyclic) bond motifs is 1. The minimum Gasteiger partial charge on any atom is -0.495 e. The van der Waals surface area contributed by atoms with Crippen LogP contribution in [-0.4, -0.2) is 55.7 Å². The van der Waals surface area contributed by atoms with Gasteiger partial charge < -0.3 is 19.9 Å². The number of likely N-dealkylation sites (tertiary alicyclic amines) is 1. The Hall–Kier alpha value is -1.99. The molecule has 0 unspecified atom stereocenters. The highest BCUT2D eigenvalue weighted by molar-refractivity contribution is 6.32. The number of halogens is 1. The first kappa shape index (κ1) is 18.8. The number of carboxylic acid groups (broad SMARTS) is 1. The van der Waals surface area contributed by atoms with Gasteiger partial charge in [0.25, 0.3) is 0 Å². The zero-order valence-corrected chi connectivity index (χ0v) is 15.6. The van der Waals surface area contributed by atoms with Crippen LogP contribution in [0.4, 0.5) is 5.69 Å². The monoisotopic (exact) mass is 382 g/mol. The third-order valence-electron chi connectivity index (χ3n) is 5.48. The van der Waals surface area contributed by atoms with Crippen molar-refractivity contribution in [2.75, 3.05) is 39.2 Å². The molecule has 2 aliphatic rings. The Kier molecular flexibility index (Phi) is 5.29. The molecule has 1 aromatic rings. The second-order valence-corrected chi connectivity index (χ2v) is 7.36. The average Bonchev–Trinajstić information content (AvgIpc) is 3.13. The van der Waals surface area contributed by atoms with Crippen molar-refractivity contribution >= 4 is 29.2 Å². The summed E-state index contributed by atoms with van der Waals surface area (Å²) < 4.78 is 10.4. The SMILES string of the molecule is COc1cc(NC(=O)CN2C[C@@H]3CCC[C@@]3(C(=O)O)C2)c(OC)cc1Cl. The molecule has 3 rings (SSSR count). The van der Waals surface area contributed by atoms with E-state index < -0.39 is 11.4 Å². The van der Waals surface area contributed by atoms with Gasteiger partial charge in [-0.2, -0.15) is 0 Å². The lowest BCUT2D eigenvalue weighted by Crippen LogP contribution is -2.37. The van der Waals surface area contributed by atoms with Crippen LogP contribution in [0.3, 0.4) is 0 Å². The normalized spacial score (nSPS) is 25.0. The van der Waals surface area contributed by atoms with Gasteiger partial charge in [-0.25, -0.2) is 0 Å². The molecule has 0 aromatic heterocycles. The third-order valence-corrected chi connectivity index (χ3v) is 5.78. The molecule has 2 fully saturated rings. The molecule has 1 aliphatic heterocycles. The quantitative estimate of drug-likeness (QED) is 0.785. The van der Waals surface area contributed by atoms with Gasteiger partial charge in [0.05, 0.1) is 36.9 Å². The molecule has 1 saturated carbocycles. The molecule has 8 heteroatoms. The molecule has 0 spiro atoms. The van der Waals surface area contributed by atoms with Crippen molar-refractivity contribution in [3.8, 4) is 11.5 Å². The van der Waals surface area contributed by atoms with E-state index in [0.717, 1.165) is 12.8 Å². The van der Waals surface area contributed by atoms with Crippen molar-refractivity contribution < 1.29 is 24.2 Å². The van der Waals surface area contributed by atoms with Gasteiger partial charge in [-0.05, 0) is 18.8 Å². The number of carboxylic acids is 1. The van der Waals surface area contributed by atoms with Crippen LogP contribution in [-0.2, 0) is 9.59 Å². The van der Waals surface area contributed by atoms with Crippen molar-refractivity contribution in [3.63, 3.8) is 0 Å². The molecular formula is C18H23ClN2O5. The lowest BCUT2D eigenvalue weighted by atomic mass is 9.81. The van der Waals surface area contributed by atoms with E-state index in [0.29, 0.717) is 41.7 Å². The molecule has 1 amide bonds. The number of hydrogen-bond donors (Lipinski definition) is 2. The van der Waals surface area contributed by atoms with Gasteiger partial charge in [-0.3, -0.25) is 14.5 Å². The van der Waals surface area contributed by atoms with Gasteiger partial charge in [-0.1, -0.05) is 18.0 Å². The number of aliphatic carboxylic acids is 1. The number of ether oxygens (including phenoxy) is 2. The lowest BCUT2D eigenvalue weighted by Gasteiger charge is -2.23. The molecule has 1 heterocycles. The van der Waals surface area contributed by atoms with Crippen molar-refractivity contribution in [1.29, 1.82) is 0 Å². The number of amides is 1. The predicted molar refractivity (Wildman–Crippen MR) is 97.0 cm³/mol. The minimum absolute atomic E-state index is 0.123. The summed E-state index contributed by atoms with van der Waals surface area (Å²) in [6.07, 6.45) is 2.54. The minimum atomic E-state index is -0.744. The van der Waals surface area contributed by atoms with Crippen LogP contribution >= 0.6 is 11.6 Å². The zero-order valence-electron chi connectivity index (χ0n) is 14.9. The highest BCUT2D eigenvalue weighted by Crippen LogP contribution is 2.48. The summed E-state index contributed by atoms with van der Waals surface area (Å²) in [5.41, 5.74) is -0.229. The van der Waals surface area contributed by atoms with Gasteiger partial charge in [0.1, 0.15) is 11.5 Å². The number of hydrogen-bond acceptors (Lipinski definition) is 5. The second kappa shape index (κ2) is 7.32. The first-order valence-electron chi connectivity index (χ1n) is 8.56. The molecule has 2 atom stereocenters.